The van der Waals surface area contributed by atoms with E-state index in [1.807, 2.05) is 12.1 Å². The van der Waals surface area contributed by atoms with Gasteiger partial charge in [0.15, 0.2) is 5.11 Å². The van der Waals surface area contributed by atoms with Crippen molar-refractivity contribution >= 4 is 34.9 Å². The van der Waals surface area contributed by atoms with Crippen LogP contribution in [0.25, 0.3) is 0 Å². The van der Waals surface area contributed by atoms with Crippen LogP contribution in [-0.4, -0.2) is 27.2 Å². The maximum Gasteiger partial charge on any atom is 0.339 e. The van der Waals surface area contributed by atoms with Crippen LogP contribution in [0.15, 0.2) is 42.5 Å². The Balaban J connectivity index is 2.05. The van der Waals surface area contributed by atoms with Crippen LogP contribution in [0.3, 0.4) is 0 Å². The summed E-state index contributed by atoms with van der Waals surface area (Å²) < 4.78 is 0. The molecule has 7 heteroatoms. The summed E-state index contributed by atoms with van der Waals surface area (Å²) in [5, 5.41) is 23.8. The molecule has 0 spiro atoms. The molecule has 0 radical (unpaired) electrons. The van der Waals surface area contributed by atoms with Crippen molar-refractivity contribution < 1.29 is 19.8 Å². The van der Waals surface area contributed by atoms with Gasteiger partial charge in [-0.25, -0.2) is 4.79 Å². The number of carbonyl (C=O) groups excluding carboxylic acids is 1. The molecular formula is C19H20N2O4S. The van der Waals surface area contributed by atoms with Crippen LogP contribution < -0.4 is 10.6 Å². The van der Waals surface area contributed by atoms with E-state index in [-0.39, 0.29) is 27.7 Å². The fraction of sp³-hybridized carbons (Fsp3) is 0.211. The highest BCUT2D eigenvalue weighted by atomic mass is 32.1. The minimum absolute atomic E-state index is 0.00736. The number of carbonyl (C=O) groups is 2. The molecule has 6 nitrogen and oxygen atoms in total. The number of nitrogens with one attached hydrogen (secondary N) is 2. The van der Waals surface area contributed by atoms with Crippen molar-refractivity contribution in [2.45, 2.75) is 26.2 Å². The number of aromatic hydroxyl groups is 1. The number of hydrogen-bond acceptors (Lipinski definition) is 4. The van der Waals surface area contributed by atoms with E-state index in [0.717, 1.165) is 5.56 Å². The second-order valence-electron chi connectivity index (χ2n) is 6.77. The van der Waals surface area contributed by atoms with Crippen molar-refractivity contribution in [1.82, 2.24) is 5.32 Å². The number of rotatable bonds is 3. The normalized spacial score (nSPS) is 10.9. The molecule has 0 aliphatic heterocycles. The van der Waals surface area contributed by atoms with E-state index in [4.69, 9.17) is 17.3 Å². The maximum atomic E-state index is 12.3. The summed E-state index contributed by atoms with van der Waals surface area (Å²) in [4.78, 5) is 23.3. The molecule has 0 bridgehead atoms. The molecule has 0 fully saturated rings. The highest BCUT2D eigenvalue weighted by Crippen LogP contribution is 2.23. The van der Waals surface area contributed by atoms with E-state index in [1.54, 1.807) is 12.1 Å². The average Bonchev–Trinajstić information content (AvgIpc) is 2.55. The van der Waals surface area contributed by atoms with Gasteiger partial charge < -0.3 is 15.5 Å². The Bertz CT molecular complexity index is 855. The van der Waals surface area contributed by atoms with E-state index in [9.17, 15) is 14.7 Å². The Labute approximate surface area is 156 Å². The first-order valence-corrected chi connectivity index (χ1v) is 8.28. The van der Waals surface area contributed by atoms with Gasteiger partial charge in [0.05, 0.1) is 0 Å². The molecule has 26 heavy (non-hydrogen) atoms. The molecule has 2 rings (SSSR count). The second kappa shape index (κ2) is 7.53. The Morgan fingerprint density at radius 1 is 1.04 bits per heavy atom. The Kier molecular flexibility index (Phi) is 5.62. The minimum Gasteiger partial charge on any atom is -0.507 e. The molecule has 0 heterocycles. The van der Waals surface area contributed by atoms with Gasteiger partial charge in [0.25, 0.3) is 5.91 Å². The number of benzene rings is 2. The van der Waals surface area contributed by atoms with Crippen molar-refractivity contribution in [3.8, 4) is 5.75 Å². The van der Waals surface area contributed by atoms with E-state index in [0.29, 0.717) is 11.3 Å². The van der Waals surface area contributed by atoms with Crippen LogP contribution >= 0.6 is 12.2 Å². The lowest BCUT2D eigenvalue weighted by atomic mass is 9.87. The molecule has 2 aromatic rings. The van der Waals surface area contributed by atoms with Crippen molar-refractivity contribution in [3.63, 3.8) is 0 Å². The van der Waals surface area contributed by atoms with Gasteiger partial charge in [-0.2, -0.15) is 0 Å². The topological polar surface area (TPSA) is 98.7 Å². The number of phenols is 1. The van der Waals surface area contributed by atoms with Gasteiger partial charge in [-0.3, -0.25) is 10.1 Å². The molecule has 0 aliphatic rings. The zero-order chi connectivity index (χ0) is 19.5. The van der Waals surface area contributed by atoms with Crippen LogP contribution in [0.2, 0.25) is 0 Å². The number of anilines is 1. The molecule has 0 saturated heterocycles. The number of carboxylic acid groups (broad SMARTS) is 1. The zero-order valence-corrected chi connectivity index (χ0v) is 15.5. The first-order valence-electron chi connectivity index (χ1n) is 7.87. The van der Waals surface area contributed by atoms with Gasteiger partial charge in [0, 0.05) is 11.3 Å². The van der Waals surface area contributed by atoms with Crippen LogP contribution in [0.4, 0.5) is 5.69 Å². The van der Waals surface area contributed by atoms with E-state index in [1.165, 1.54) is 18.2 Å². The number of hydrogen-bond donors (Lipinski definition) is 4. The molecular weight excluding hydrogens is 352 g/mol. The lowest BCUT2D eigenvalue weighted by Crippen LogP contribution is -2.34. The molecule has 0 aliphatic carbocycles. The van der Waals surface area contributed by atoms with Gasteiger partial charge in [0.2, 0.25) is 0 Å². The Hall–Kier alpha value is -2.93. The lowest BCUT2D eigenvalue weighted by molar-refractivity contribution is 0.0693. The number of carboxylic acids is 1. The average molecular weight is 372 g/mol. The predicted octanol–water partition coefficient (Wildman–Crippen LogP) is 3.51. The van der Waals surface area contributed by atoms with Gasteiger partial charge in [-0.15, -0.1) is 0 Å². The van der Waals surface area contributed by atoms with Crippen LogP contribution in [0.1, 0.15) is 47.1 Å². The summed E-state index contributed by atoms with van der Waals surface area (Å²) in [6.07, 6.45) is 0. The molecule has 0 saturated carbocycles. The molecule has 0 atom stereocenters. The monoisotopic (exact) mass is 372 g/mol. The highest BCUT2D eigenvalue weighted by molar-refractivity contribution is 7.80. The van der Waals surface area contributed by atoms with E-state index < -0.39 is 5.97 Å². The summed E-state index contributed by atoms with van der Waals surface area (Å²) in [5.41, 5.74) is 1.64. The second-order valence-corrected chi connectivity index (χ2v) is 7.18. The van der Waals surface area contributed by atoms with Crippen LogP contribution in [-0.2, 0) is 5.41 Å². The molecule has 0 unspecified atom stereocenters. The van der Waals surface area contributed by atoms with Gasteiger partial charge in [-0.05, 0) is 53.5 Å². The van der Waals surface area contributed by atoms with Crippen molar-refractivity contribution in [2.75, 3.05) is 5.32 Å². The standard InChI is InChI=1S/C19H20N2O4S/c1-19(2,3)12-6-4-11(5-7-12)16(23)21-18(26)20-13-8-9-15(22)14(10-13)17(24)25/h4-10,22H,1-3H3,(H,24,25)(H2,20,21,23,26). The minimum atomic E-state index is -1.26. The summed E-state index contributed by atoms with van der Waals surface area (Å²) in [7, 11) is 0. The van der Waals surface area contributed by atoms with Gasteiger partial charge in [-0.1, -0.05) is 32.9 Å². The summed E-state index contributed by atoms with van der Waals surface area (Å²) in [5.74, 6) is -1.99. The quantitative estimate of drug-likeness (QED) is 0.486. The van der Waals surface area contributed by atoms with Crippen LogP contribution in [0, 0.1) is 0 Å². The molecule has 4 N–H and O–H groups in total. The van der Waals surface area contributed by atoms with Crippen molar-refractivity contribution in [1.29, 1.82) is 0 Å². The predicted molar refractivity (Wildman–Crippen MR) is 104 cm³/mol. The maximum absolute atomic E-state index is 12.3. The third-order valence-corrected chi connectivity index (χ3v) is 3.93. The first-order chi connectivity index (χ1) is 12.1. The zero-order valence-electron chi connectivity index (χ0n) is 14.7. The number of thiocarbonyl (C=S) groups is 1. The fourth-order valence-electron chi connectivity index (χ4n) is 2.24. The van der Waals surface area contributed by atoms with Crippen LogP contribution in [0.5, 0.6) is 5.75 Å². The molecule has 1 amide bonds. The summed E-state index contributed by atoms with van der Waals surface area (Å²) in [6.45, 7) is 6.26. The van der Waals surface area contributed by atoms with Gasteiger partial charge >= 0.3 is 5.97 Å². The largest absolute Gasteiger partial charge is 0.507 e. The number of amides is 1. The smallest absolute Gasteiger partial charge is 0.339 e. The summed E-state index contributed by atoms with van der Waals surface area (Å²) in [6, 6.07) is 11.2. The fourth-order valence-corrected chi connectivity index (χ4v) is 2.45. The Morgan fingerprint density at radius 3 is 2.19 bits per heavy atom. The Morgan fingerprint density at radius 2 is 1.65 bits per heavy atom. The van der Waals surface area contributed by atoms with Crippen molar-refractivity contribution in [2.24, 2.45) is 0 Å². The number of aromatic carboxylic acids is 1. The highest BCUT2D eigenvalue weighted by Gasteiger charge is 2.15. The van der Waals surface area contributed by atoms with E-state index in [2.05, 4.69) is 31.4 Å². The third kappa shape index (κ3) is 4.80. The SMILES string of the molecule is CC(C)(C)c1ccc(C(=O)NC(=S)Nc2ccc(O)c(C(=O)O)c2)cc1. The van der Waals surface area contributed by atoms with Gasteiger partial charge in [0.1, 0.15) is 11.3 Å². The molecule has 2 aromatic carbocycles. The third-order valence-electron chi connectivity index (χ3n) is 3.73. The molecule has 136 valence electrons. The lowest BCUT2D eigenvalue weighted by Gasteiger charge is -2.19. The van der Waals surface area contributed by atoms with Crippen molar-refractivity contribution in [3.05, 3.63) is 59.2 Å². The first kappa shape index (κ1) is 19.4. The summed E-state index contributed by atoms with van der Waals surface area (Å²) >= 11 is 5.09. The molecule has 0 aromatic heterocycles. The van der Waals surface area contributed by atoms with E-state index >= 15 is 0 Å².